The molecule has 0 radical (unpaired) electrons. The minimum atomic E-state index is -0.205. The second-order valence-corrected chi connectivity index (χ2v) is 5.57. The van der Waals surface area contributed by atoms with E-state index in [1.807, 2.05) is 6.07 Å². The Balaban J connectivity index is 1.94. The van der Waals surface area contributed by atoms with Crippen LogP contribution in [0.4, 0.5) is 0 Å². The van der Waals surface area contributed by atoms with E-state index in [1.54, 1.807) is 43.8 Å². The molecular weight excluding hydrogens is 316 g/mol. The molecule has 2 rings (SSSR count). The Labute approximate surface area is 140 Å². The average molecular weight is 335 g/mol. The summed E-state index contributed by atoms with van der Waals surface area (Å²) in [7, 11) is 1.55. The number of aliphatic hydroxyl groups is 1. The molecular formula is C17H19ClN2O3. The zero-order valence-electron chi connectivity index (χ0n) is 12.8. The zero-order valence-corrected chi connectivity index (χ0v) is 13.6. The van der Waals surface area contributed by atoms with E-state index in [2.05, 4.69) is 10.3 Å². The molecule has 1 aromatic heterocycles. The van der Waals surface area contributed by atoms with E-state index in [-0.39, 0.29) is 18.4 Å². The van der Waals surface area contributed by atoms with Gasteiger partial charge in [-0.3, -0.25) is 9.78 Å². The standard InChI is InChI=1S/C17H19ClN2O3/c1-23-15-4-2-3-14(8-15)17(22)20-9-12(11-21)7-13-5-6-19-10-16(13)18/h2-6,8,10,12,21H,7,9,11H2,1H3,(H,20,22). The molecule has 0 fully saturated rings. The number of hydrogen-bond donors (Lipinski definition) is 2. The number of aromatic nitrogens is 1. The van der Waals surface area contributed by atoms with Crippen LogP contribution in [0.25, 0.3) is 0 Å². The number of pyridine rings is 1. The number of nitrogens with zero attached hydrogens (tertiary/aromatic N) is 1. The van der Waals surface area contributed by atoms with Gasteiger partial charge in [0, 0.05) is 37.0 Å². The molecule has 0 aliphatic heterocycles. The minimum Gasteiger partial charge on any atom is -0.497 e. The third kappa shape index (κ3) is 4.94. The summed E-state index contributed by atoms with van der Waals surface area (Å²) in [5.74, 6) is 0.299. The number of rotatable bonds is 7. The topological polar surface area (TPSA) is 71.5 Å². The van der Waals surface area contributed by atoms with Crippen LogP contribution in [0.2, 0.25) is 5.02 Å². The molecule has 0 saturated carbocycles. The van der Waals surface area contributed by atoms with Gasteiger partial charge in [-0.2, -0.15) is 0 Å². The number of nitrogens with one attached hydrogen (secondary N) is 1. The molecule has 2 N–H and O–H groups in total. The van der Waals surface area contributed by atoms with E-state index in [4.69, 9.17) is 16.3 Å². The quantitative estimate of drug-likeness (QED) is 0.815. The van der Waals surface area contributed by atoms with Gasteiger partial charge in [-0.25, -0.2) is 0 Å². The smallest absolute Gasteiger partial charge is 0.251 e. The SMILES string of the molecule is COc1cccc(C(=O)NCC(CO)Cc2ccncc2Cl)c1. The lowest BCUT2D eigenvalue weighted by molar-refractivity contribution is 0.0939. The highest BCUT2D eigenvalue weighted by molar-refractivity contribution is 6.31. The van der Waals surface area contributed by atoms with Gasteiger partial charge in [-0.05, 0) is 36.2 Å². The highest BCUT2D eigenvalue weighted by Gasteiger charge is 2.13. The van der Waals surface area contributed by atoms with Gasteiger partial charge in [-0.1, -0.05) is 17.7 Å². The lowest BCUT2D eigenvalue weighted by atomic mass is 10.0. The van der Waals surface area contributed by atoms with E-state index < -0.39 is 0 Å². The lowest BCUT2D eigenvalue weighted by Gasteiger charge is -2.16. The second-order valence-electron chi connectivity index (χ2n) is 5.16. The Morgan fingerprint density at radius 3 is 2.96 bits per heavy atom. The van der Waals surface area contributed by atoms with Crippen molar-refractivity contribution in [2.45, 2.75) is 6.42 Å². The Kier molecular flexibility index (Phi) is 6.38. The van der Waals surface area contributed by atoms with Crippen LogP contribution in [0.1, 0.15) is 15.9 Å². The molecule has 1 unspecified atom stereocenters. The predicted octanol–water partition coefficient (Wildman–Crippen LogP) is 2.32. The highest BCUT2D eigenvalue weighted by Crippen LogP contribution is 2.17. The summed E-state index contributed by atoms with van der Waals surface area (Å²) in [5.41, 5.74) is 1.42. The Morgan fingerprint density at radius 1 is 1.43 bits per heavy atom. The first kappa shape index (κ1) is 17.2. The van der Waals surface area contributed by atoms with Crippen LogP contribution in [0, 0.1) is 5.92 Å². The fourth-order valence-electron chi connectivity index (χ4n) is 2.19. The van der Waals surface area contributed by atoms with Crippen LogP contribution < -0.4 is 10.1 Å². The van der Waals surface area contributed by atoms with Gasteiger partial charge in [0.1, 0.15) is 5.75 Å². The van der Waals surface area contributed by atoms with E-state index >= 15 is 0 Å². The number of carbonyl (C=O) groups is 1. The molecule has 0 bridgehead atoms. The summed E-state index contributed by atoms with van der Waals surface area (Å²) in [6.45, 7) is 0.308. The molecule has 6 heteroatoms. The number of methoxy groups -OCH3 is 1. The van der Waals surface area contributed by atoms with Crippen molar-refractivity contribution in [1.82, 2.24) is 10.3 Å². The molecule has 1 atom stereocenters. The summed E-state index contributed by atoms with van der Waals surface area (Å²) in [6.07, 6.45) is 3.79. The van der Waals surface area contributed by atoms with Crippen molar-refractivity contribution in [1.29, 1.82) is 0 Å². The summed E-state index contributed by atoms with van der Waals surface area (Å²) >= 11 is 6.07. The summed E-state index contributed by atoms with van der Waals surface area (Å²) in [6, 6.07) is 8.73. The van der Waals surface area contributed by atoms with Crippen molar-refractivity contribution < 1.29 is 14.6 Å². The molecule has 0 spiro atoms. The monoisotopic (exact) mass is 334 g/mol. The van der Waals surface area contributed by atoms with E-state index in [0.717, 1.165) is 5.56 Å². The molecule has 1 amide bonds. The minimum absolute atomic E-state index is 0.0446. The van der Waals surface area contributed by atoms with Gasteiger partial charge in [0.05, 0.1) is 12.1 Å². The molecule has 0 aliphatic rings. The maximum Gasteiger partial charge on any atom is 0.251 e. The van der Waals surface area contributed by atoms with Crippen molar-refractivity contribution in [3.8, 4) is 5.75 Å². The first-order valence-electron chi connectivity index (χ1n) is 7.25. The van der Waals surface area contributed by atoms with Gasteiger partial charge in [0.15, 0.2) is 0 Å². The van der Waals surface area contributed by atoms with Crippen LogP contribution in [0.5, 0.6) is 5.75 Å². The first-order chi connectivity index (χ1) is 11.1. The second kappa shape index (κ2) is 8.50. The number of hydrogen-bond acceptors (Lipinski definition) is 4. The zero-order chi connectivity index (χ0) is 16.7. The number of amides is 1. The highest BCUT2D eigenvalue weighted by atomic mass is 35.5. The van der Waals surface area contributed by atoms with E-state index in [0.29, 0.717) is 29.3 Å². The van der Waals surface area contributed by atoms with Crippen LogP contribution >= 0.6 is 11.6 Å². The van der Waals surface area contributed by atoms with Crippen LogP contribution in [-0.2, 0) is 6.42 Å². The van der Waals surface area contributed by atoms with Gasteiger partial charge >= 0.3 is 0 Å². The van der Waals surface area contributed by atoms with Crippen molar-refractivity contribution >= 4 is 17.5 Å². The van der Waals surface area contributed by atoms with Gasteiger partial charge < -0.3 is 15.2 Å². The van der Waals surface area contributed by atoms with E-state index in [1.165, 1.54) is 0 Å². The number of carbonyl (C=O) groups excluding carboxylic acids is 1. The fraction of sp³-hybridized carbons (Fsp3) is 0.294. The molecule has 0 aliphatic carbocycles. The fourth-order valence-corrected chi connectivity index (χ4v) is 2.38. The molecule has 2 aromatic rings. The van der Waals surface area contributed by atoms with Crippen molar-refractivity contribution in [3.63, 3.8) is 0 Å². The third-order valence-electron chi connectivity index (χ3n) is 3.51. The van der Waals surface area contributed by atoms with Crippen LogP contribution in [0.3, 0.4) is 0 Å². The number of benzene rings is 1. The Morgan fingerprint density at radius 2 is 2.26 bits per heavy atom. The maximum absolute atomic E-state index is 12.2. The van der Waals surface area contributed by atoms with Crippen molar-refractivity contribution in [2.24, 2.45) is 5.92 Å². The molecule has 1 heterocycles. The number of ether oxygens (including phenoxy) is 1. The maximum atomic E-state index is 12.2. The van der Waals surface area contributed by atoms with Crippen molar-refractivity contribution in [3.05, 3.63) is 58.9 Å². The Bertz CT molecular complexity index is 664. The van der Waals surface area contributed by atoms with E-state index in [9.17, 15) is 9.90 Å². The molecule has 1 aromatic carbocycles. The average Bonchev–Trinajstić information content (AvgIpc) is 2.59. The molecule has 5 nitrogen and oxygen atoms in total. The number of aliphatic hydroxyl groups excluding tert-OH is 1. The molecule has 0 saturated heterocycles. The normalized spacial score (nSPS) is 11.8. The van der Waals surface area contributed by atoms with Gasteiger partial charge in [0.25, 0.3) is 5.91 Å². The van der Waals surface area contributed by atoms with Crippen LogP contribution in [-0.4, -0.2) is 36.3 Å². The molecule has 23 heavy (non-hydrogen) atoms. The summed E-state index contributed by atoms with van der Waals surface area (Å²) in [4.78, 5) is 16.1. The van der Waals surface area contributed by atoms with Crippen molar-refractivity contribution in [2.75, 3.05) is 20.3 Å². The largest absolute Gasteiger partial charge is 0.497 e. The predicted molar refractivity (Wildman–Crippen MR) is 88.9 cm³/mol. The lowest BCUT2D eigenvalue weighted by Crippen LogP contribution is -2.31. The molecule has 122 valence electrons. The van der Waals surface area contributed by atoms with Gasteiger partial charge in [-0.15, -0.1) is 0 Å². The first-order valence-corrected chi connectivity index (χ1v) is 7.63. The summed E-state index contributed by atoms with van der Waals surface area (Å²) in [5, 5.41) is 12.9. The number of halogens is 1. The van der Waals surface area contributed by atoms with Crippen LogP contribution in [0.15, 0.2) is 42.7 Å². The van der Waals surface area contributed by atoms with Gasteiger partial charge in [0.2, 0.25) is 0 Å². The Hall–Kier alpha value is -2.11. The summed E-state index contributed by atoms with van der Waals surface area (Å²) < 4.78 is 5.10. The third-order valence-corrected chi connectivity index (χ3v) is 3.85.